The van der Waals surface area contributed by atoms with Crippen LogP contribution >= 0.6 is 11.6 Å². The van der Waals surface area contributed by atoms with Crippen LogP contribution in [-0.2, 0) is 4.74 Å². The summed E-state index contributed by atoms with van der Waals surface area (Å²) >= 11 is 5.96. The van der Waals surface area contributed by atoms with Gasteiger partial charge in [-0.1, -0.05) is 49.9 Å². The van der Waals surface area contributed by atoms with E-state index in [-0.39, 0.29) is 6.10 Å². The summed E-state index contributed by atoms with van der Waals surface area (Å²) in [5.41, 5.74) is 1.21. The highest BCUT2D eigenvalue weighted by atomic mass is 35.5. The largest absolute Gasteiger partial charge is 0.372 e. The summed E-state index contributed by atoms with van der Waals surface area (Å²) in [4.78, 5) is 0. The molecule has 0 bridgehead atoms. The van der Waals surface area contributed by atoms with Crippen LogP contribution in [0.3, 0.4) is 0 Å². The second kappa shape index (κ2) is 8.66. The highest BCUT2D eigenvalue weighted by Crippen LogP contribution is 2.30. The van der Waals surface area contributed by atoms with Gasteiger partial charge in [-0.05, 0) is 43.0 Å². The Morgan fingerprint density at radius 3 is 2.65 bits per heavy atom. The van der Waals surface area contributed by atoms with E-state index in [0.29, 0.717) is 0 Å². The van der Waals surface area contributed by atoms with Gasteiger partial charge < -0.3 is 10.1 Å². The number of ether oxygens (including phenoxy) is 1. The van der Waals surface area contributed by atoms with Crippen LogP contribution in [0, 0.1) is 5.92 Å². The van der Waals surface area contributed by atoms with Crippen molar-refractivity contribution in [3.8, 4) is 0 Å². The molecule has 1 fully saturated rings. The van der Waals surface area contributed by atoms with Crippen molar-refractivity contribution in [3.05, 3.63) is 34.9 Å². The second-order valence-electron chi connectivity index (χ2n) is 5.70. The van der Waals surface area contributed by atoms with Crippen LogP contribution in [0.1, 0.15) is 50.7 Å². The minimum Gasteiger partial charge on any atom is -0.372 e. The van der Waals surface area contributed by atoms with Crippen molar-refractivity contribution in [2.24, 2.45) is 5.92 Å². The van der Waals surface area contributed by atoms with Gasteiger partial charge in [0, 0.05) is 18.2 Å². The van der Waals surface area contributed by atoms with Gasteiger partial charge >= 0.3 is 0 Å². The molecule has 0 radical (unpaired) electrons. The van der Waals surface area contributed by atoms with Crippen LogP contribution in [0.2, 0.25) is 5.02 Å². The lowest BCUT2D eigenvalue weighted by atomic mass is 9.83. The maximum absolute atomic E-state index is 6.12. The molecule has 0 aliphatic heterocycles. The Bertz CT molecular complexity index is 375. The fraction of sp³-hybridized carbons (Fsp3) is 0.647. The van der Waals surface area contributed by atoms with Crippen LogP contribution in [0.4, 0.5) is 0 Å². The molecular weight excluding hydrogens is 270 g/mol. The molecule has 1 aliphatic carbocycles. The standard InChI is InChI=1S/C17H26ClNO/c1-2-11-19-13-17(15-6-8-16(18)9-7-15)20-12-10-14-4-3-5-14/h6-9,14,17,19H,2-5,10-13H2,1H3. The summed E-state index contributed by atoms with van der Waals surface area (Å²) in [5.74, 6) is 0.907. The summed E-state index contributed by atoms with van der Waals surface area (Å²) in [6.45, 7) is 4.96. The quantitative estimate of drug-likeness (QED) is 0.673. The smallest absolute Gasteiger partial charge is 0.0949 e. The van der Waals surface area contributed by atoms with E-state index in [0.717, 1.165) is 37.1 Å². The maximum atomic E-state index is 6.12. The summed E-state index contributed by atoms with van der Waals surface area (Å²) in [5, 5.41) is 4.24. The normalized spacial score (nSPS) is 16.9. The first-order valence-corrected chi connectivity index (χ1v) is 8.25. The van der Waals surface area contributed by atoms with Gasteiger partial charge in [0.1, 0.15) is 0 Å². The monoisotopic (exact) mass is 295 g/mol. The lowest BCUT2D eigenvalue weighted by Crippen LogP contribution is -2.25. The number of halogens is 1. The van der Waals surface area contributed by atoms with Gasteiger partial charge in [-0.15, -0.1) is 0 Å². The molecule has 0 saturated heterocycles. The minimum atomic E-state index is 0.138. The van der Waals surface area contributed by atoms with Crippen molar-refractivity contribution in [2.45, 2.75) is 45.1 Å². The predicted octanol–water partition coefficient (Wildman–Crippen LogP) is 4.59. The van der Waals surface area contributed by atoms with Crippen molar-refractivity contribution in [3.63, 3.8) is 0 Å². The molecule has 1 unspecified atom stereocenters. The van der Waals surface area contributed by atoms with Crippen molar-refractivity contribution < 1.29 is 4.74 Å². The molecule has 1 saturated carbocycles. The van der Waals surface area contributed by atoms with Gasteiger partial charge in [0.05, 0.1) is 6.10 Å². The lowest BCUT2D eigenvalue weighted by Gasteiger charge is -2.26. The average molecular weight is 296 g/mol. The van der Waals surface area contributed by atoms with Crippen LogP contribution in [0.25, 0.3) is 0 Å². The first kappa shape index (κ1) is 15.8. The third-order valence-electron chi connectivity index (χ3n) is 4.07. The number of hydrogen-bond acceptors (Lipinski definition) is 2. The highest BCUT2D eigenvalue weighted by molar-refractivity contribution is 6.30. The molecule has 1 aromatic carbocycles. The van der Waals surface area contributed by atoms with Crippen molar-refractivity contribution >= 4 is 11.6 Å². The topological polar surface area (TPSA) is 21.3 Å². The van der Waals surface area contributed by atoms with Gasteiger partial charge in [-0.3, -0.25) is 0 Å². The molecule has 0 amide bonds. The Hall–Kier alpha value is -0.570. The van der Waals surface area contributed by atoms with Crippen LogP contribution in [-0.4, -0.2) is 19.7 Å². The summed E-state index contributed by atoms with van der Waals surface area (Å²) in [6, 6.07) is 8.03. The summed E-state index contributed by atoms with van der Waals surface area (Å²) < 4.78 is 6.12. The molecule has 1 aromatic rings. The maximum Gasteiger partial charge on any atom is 0.0949 e. The Labute approximate surface area is 127 Å². The first-order valence-electron chi connectivity index (χ1n) is 7.87. The van der Waals surface area contributed by atoms with Gasteiger partial charge in [-0.2, -0.15) is 0 Å². The van der Waals surface area contributed by atoms with Crippen LogP contribution in [0.5, 0.6) is 0 Å². The fourth-order valence-corrected chi connectivity index (χ4v) is 2.64. The van der Waals surface area contributed by atoms with E-state index < -0.39 is 0 Å². The van der Waals surface area contributed by atoms with E-state index in [1.165, 1.54) is 31.2 Å². The Balaban J connectivity index is 1.83. The van der Waals surface area contributed by atoms with Crippen molar-refractivity contribution in [2.75, 3.05) is 19.7 Å². The second-order valence-corrected chi connectivity index (χ2v) is 6.14. The zero-order valence-corrected chi connectivity index (χ0v) is 13.2. The zero-order valence-electron chi connectivity index (χ0n) is 12.4. The van der Waals surface area contributed by atoms with Crippen LogP contribution in [0.15, 0.2) is 24.3 Å². The minimum absolute atomic E-state index is 0.138. The van der Waals surface area contributed by atoms with Gasteiger partial charge in [0.2, 0.25) is 0 Å². The van der Waals surface area contributed by atoms with E-state index in [2.05, 4.69) is 24.4 Å². The van der Waals surface area contributed by atoms with Crippen molar-refractivity contribution in [1.29, 1.82) is 0 Å². The molecule has 2 nitrogen and oxygen atoms in total. The predicted molar refractivity (Wildman–Crippen MR) is 85.3 cm³/mol. The van der Waals surface area contributed by atoms with E-state index in [9.17, 15) is 0 Å². The zero-order chi connectivity index (χ0) is 14.2. The Morgan fingerprint density at radius 1 is 1.30 bits per heavy atom. The highest BCUT2D eigenvalue weighted by Gasteiger charge is 2.18. The van der Waals surface area contributed by atoms with Crippen LogP contribution < -0.4 is 5.32 Å². The SMILES string of the molecule is CCCNCC(OCCC1CCC1)c1ccc(Cl)cc1. The molecule has 0 spiro atoms. The molecule has 20 heavy (non-hydrogen) atoms. The third kappa shape index (κ3) is 5.08. The first-order chi connectivity index (χ1) is 9.79. The van der Waals surface area contributed by atoms with E-state index in [1.807, 2.05) is 12.1 Å². The molecule has 3 heteroatoms. The summed E-state index contributed by atoms with van der Waals surface area (Å²) in [7, 11) is 0. The number of hydrogen-bond donors (Lipinski definition) is 1. The van der Waals surface area contributed by atoms with Gasteiger partial charge in [0.25, 0.3) is 0 Å². The molecular formula is C17H26ClNO. The molecule has 1 atom stereocenters. The van der Waals surface area contributed by atoms with E-state index >= 15 is 0 Å². The Morgan fingerprint density at radius 2 is 2.05 bits per heavy atom. The molecule has 1 N–H and O–H groups in total. The van der Waals surface area contributed by atoms with E-state index in [1.54, 1.807) is 0 Å². The molecule has 1 aliphatic rings. The number of rotatable bonds is 9. The molecule has 112 valence electrons. The van der Waals surface area contributed by atoms with E-state index in [4.69, 9.17) is 16.3 Å². The molecule has 0 aromatic heterocycles. The van der Waals surface area contributed by atoms with Gasteiger partial charge in [-0.25, -0.2) is 0 Å². The van der Waals surface area contributed by atoms with Crippen molar-refractivity contribution in [1.82, 2.24) is 5.32 Å². The Kier molecular flexibility index (Phi) is 6.85. The number of benzene rings is 1. The lowest BCUT2D eigenvalue weighted by molar-refractivity contribution is 0.0373. The number of nitrogens with one attached hydrogen (secondary N) is 1. The van der Waals surface area contributed by atoms with Gasteiger partial charge in [0.15, 0.2) is 0 Å². The average Bonchev–Trinajstić information content (AvgIpc) is 2.41. The molecule has 2 rings (SSSR count). The molecule has 0 heterocycles. The fourth-order valence-electron chi connectivity index (χ4n) is 2.52. The summed E-state index contributed by atoms with van der Waals surface area (Å²) in [6.07, 6.45) is 6.68. The third-order valence-corrected chi connectivity index (χ3v) is 4.32.